The van der Waals surface area contributed by atoms with Crippen LogP contribution in [-0.2, 0) is 4.79 Å². The summed E-state index contributed by atoms with van der Waals surface area (Å²) in [5.74, 6) is 0.354. The zero-order chi connectivity index (χ0) is 13.5. The molecule has 2 N–H and O–H groups in total. The SMILES string of the molecule is O=C(NCCOc1cccc(F)c1)C1CCNCC1. The lowest BCUT2D eigenvalue weighted by Gasteiger charge is -2.21. The third-order valence-corrected chi connectivity index (χ3v) is 3.18. The normalized spacial score (nSPS) is 16.1. The van der Waals surface area contributed by atoms with Crippen LogP contribution in [0.3, 0.4) is 0 Å². The van der Waals surface area contributed by atoms with Gasteiger partial charge in [-0.05, 0) is 38.1 Å². The number of amides is 1. The molecule has 1 saturated heterocycles. The maximum atomic E-state index is 12.9. The Hall–Kier alpha value is -1.62. The Morgan fingerprint density at radius 1 is 1.42 bits per heavy atom. The summed E-state index contributed by atoms with van der Waals surface area (Å²) in [5.41, 5.74) is 0. The highest BCUT2D eigenvalue weighted by Crippen LogP contribution is 2.12. The fourth-order valence-corrected chi connectivity index (χ4v) is 2.13. The number of benzene rings is 1. The lowest BCUT2D eigenvalue weighted by Crippen LogP contribution is -2.39. The van der Waals surface area contributed by atoms with Gasteiger partial charge in [0.05, 0.1) is 6.54 Å². The number of hydrogen-bond donors (Lipinski definition) is 2. The molecule has 0 bridgehead atoms. The summed E-state index contributed by atoms with van der Waals surface area (Å²) >= 11 is 0. The zero-order valence-electron chi connectivity index (χ0n) is 10.8. The van der Waals surface area contributed by atoms with Crippen LogP contribution in [0.2, 0.25) is 0 Å². The molecular weight excluding hydrogens is 247 g/mol. The van der Waals surface area contributed by atoms with Crippen LogP contribution in [0.5, 0.6) is 5.75 Å². The maximum Gasteiger partial charge on any atom is 0.223 e. The maximum absolute atomic E-state index is 12.9. The highest BCUT2D eigenvalue weighted by Gasteiger charge is 2.20. The molecule has 2 rings (SSSR count). The Morgan fingerprint density at radius 3 is 2.95 bits per heavy atom. The summed E-state index contributed by atoms with van der Waals surface area (Å²) in [4.78, 5) is 11.8. The molecule has 1 aliphatic heterocycles. The van der Waals surface area contributed by atoms with E-state index in [4.69, 9.17) is 4.74 Å². The fourth-order valence-electron chi connectivity index (χ4n) is 2.13. The number of halogens is 1. The molecule has 1 aliphatic rings. The third kappa shape index (κ3) is 4.52. The molecule has 1 aromatic rings. The molecule has 104 valence electrons. The van der Waals surface area contributed by atoms with Gasteiger partial charge in [-0.1, -0.05) is 6.07 Å². The van der Waals surface area contributed by atoms with Crippen LogP contribution in [0.4, 0.5) is 4.39 Å². The standard InChI is InChI=1S/C14H19FN2O2/c15-12-2-1-3-13(10-12)19-9-8-17-14(18)11-4-6-16-7-5-11/h1-3,10-11,16H,4-9H2,(H,17,18). The molecule has 5 heteroatoms. The van der Waals surface area contributed by atoms with E-state index < -0.39 is 0 Å². The monoisotopic (exact) mass is 266 g/mol. The lowest BCUT2D eigenvalue weighted by atomic mass is 9.97. The van der Waals surface area contributed by atoms with E-state index in [1.807, 2.05) is 0 Å². The minimum absolute atomic E-state index is 0.0874. The van der Waals surface area contributed by atoms with E-state index in [0.717, 1.165) is 25.9 Å². The second kappa shape index (κ2) is 7.09. The highest BCUT2D eigenvalue weighted by atomic mass is 19.1. The van der Waals surface area contributed by atoms with Crippen LogP contribution in [0.15, 0.2) is 24.3 Å². The van der Waals surface area contributed by atoms with Crippen LogP contribution < -0.4 is 15.4 Å². The predicted molar refractivity (Wildman–Crippen MR) is 70.5 cm³/mol. The van der Waals surface area contributed by atoms with Crippen LogP contribution in [0, 0.1) is 11.7 Å². The molecule has 0 aromatic heterocycles. The van der Waals surface area contributed by atoms with Crippen molar-refractivity contribution in [1.29, 1.82) is 0 Å². The van der Waals surface area contributed by atoms with Gasteiger partial charge in [-0.2, -0.15) is 0 Å². The molecule has 1 heterocycles. The molecule has 0 saturated carbocycles. The van der Waals surface area contributed by atoms with Gasteiger partial charge in [0.1, 0.15) is 18.2 Å². The molecule has 1 fully saturated rings. The fraction of sp³-hybridized carbons (Fsp3) is 0.500. The van der Waals surface area contributed by atoms with Gasteiger partial charge in [0.2, 0.25) is 5.91 Å². The summed E-state index contributed by atoms with van der Waals surface area (Å²) in [5, 5.41) is 6.08. The van der Waals surface area contributed by atoms with Crippen molar-refractivity contribution < 1.29 is 13.9 Å². The Bertz CT molecular complexity index is 420. The molecule has 0 unspecified atom stereocenters. The molecule has 1 aromatic carbocycles. The first-order chi connectivity index (χ1) is 9.25. The summed E-state index contributed by atoms with van der Waals surface area (Å²) < 4.78 is 18.2. The van der Waals surface area contributed by atoms with E-state index in [-0.39, 0.29) is 17.6 Å². The van der Waals surface area contributed by atoms with Gasteiger partial charge in [-0.3, -0.25) is 4.79 Å². The van der Waals surface area contributed by atoms with Crippen molar-refractivity contribution in [2.45, 2.75) is 12.8 Å². The molecular formula is C14H19FN2O2. The molecule has 0 aliphatic carbocycles. The number of carbonyl (C=O) groups is 1. The minimum atomic E-state index is -0.323. The Morgan fingerprint density at radius 2 is 2.21 bits per heavy atom. The van der Waals surface area contributed by atoms with Gasteiger partial charge in [-0.25, -0.2) is 4.39 Å². The van der Waals surface area contributed by atoms with Gasteiger partial charge in [0.15, 0.2) is 0 Å². The number of carbonyl (C=O) groups excluding carboxylic acids is 1. The van der Waals surface area contributed by atoms with Crippen LogP contribution in [0.1, 0.15) is 12.8 Å². The van der Waals surface area contributed by atoms with Crippen molar-refractivity contribution in [2.24, 2.45) is 5.92 Å². The second-order valence-corrected chi connectivity index (χ2v) is 4.62. The quantitative estimate of drug-likeness (QED) is 0.790. The van der Waals surface area contributed by atoms with Gasteiger partial charge in [-0.15, -0.1) is 0 Å². The molecule has 0 radical (unpaired) electrons. The van der Waals surface area contributed by atoms with Gasteiger partial charge in [0, 0.05) is 12.0 Å². The van der Waals surface area contributed by atoms with Gasteiger partial charge < -0.3 is 15.4 Å². The van der Waals surface area contributed by atoms with Gasteiger partial charge in [0.25, 0.3) is 0 Å². The Balaban J connectivity index is 1.65. The number of rotatable bonds is 5. The average Bonchev–Trinajstić information content (AvgIpc) is 2.44. The summed E-state index contributed by atoms with van der Waals surface area (Å²) in [6.07, 6.45) is 1.77. The van der Waals surface area contributed by atoms with E-state index >= 15 is 0 Å². The van der Waals surface area contributed by atoms with E-state index in [2.05, 4.69) is 10.6 Å². The van der Waals surface area contributed by atoms with Crippen LogP contribution in [0.25, 0.3) is 0 Å². The number of hydrogen-bond acceptors (Lipinski definition) is 3. The van der Waals surface area contributed by atoms with E-state index in [1.165, 1.54) is 12.1 Å². The summed E-state index contributed by atoms with van der Waals surface area (Å²) in [6.45, 7) is 2.59. The van der Waals surface area contributed by atoms with Crippen LogP contribution >= 0.6 is 0 Å². The smallest absolute Gasteiger partial charge is 0.223 e. The van der Waals surface area contributed by atoms with Crippen molar-refractivity contribution in [3.05, 3.63) is 30.1 Å². The molecule has 0 spiro atoms. The average molecular weight is 266 g/mol. The summed E-state index contributed by atoms with van der Waals surface area (Å²) in [7, 11) is 0. The summed E-state index contributed by atoms with van der Waals surface area (Å²) in [6, 6.07) is 5.98. The van der Waals surface area contributed by atoms with E-state index in [1.54, 1.807) is 12.1 Å². The lowest BCUT2D eigenvalue weighted by molar-refractivity contribution is -0.125. The largest absolute Gasteiger partial charge is 0.492 e. The first-order valence-corrected chi connectivity index (χ1v) is 6.62. The highest BCUT2D eigenvalue weighted by molar-refractivity contribution is 5.78. The van der Waals surface area contributed by atoms with Crippen molar-refractivity contribution >= 4 is 5.91 Å². The Labute approximate surface area is 112 Å². The Kier molecular flexibility index (Phi) is 5.15. The topological polar surface area (TPSA) is 50.4 Å². The first kappa shape index (κ1) is 13.8. The first-order valence-electron chi connectivity index (χ1n) is 6.62. The zero-order valence-corrected chi connectivity index (χ0v) is 10.8. The van der Waals surface area contributed by atoms with Crippen molar-refractivity contribution in [2.75, 3.05) is 26.2 Å². The number of piperidine rings is 1. The van der Waals surface area contributed by atoms with Crippen molar-refractivity contribution in [1.82, 2.24) is 10.6 Å². The molecule has 4 nitrogen and oxygen atoms in total. The number of ether oxygens (including phenoxy) is 1. The number of nitrogens with one attached hydrogen (secondary N) is 2. The molecule has 1 amide bonds. The third-order valence-electron chi connectivity index (χ3n) is 3.18. The van der Waals surface area contributed by atoms with Gasteiger partial charge >= 0.3 is 0 Å². The van der Waals surface area contributed by atoms with Crippen molar-refractivity contribution in [3.63, 3.8) is 0 Å². The van der Waals surface area contributed by atoms with Crippen molar-refractivity contribution in [3.8, 4) is 5.75 Å². The molecule has 19 heavy (non-hydrogen) atoms. The van der Waals surface area contributed by atoms with Crippen LogP contribution in [-0.4, -0.2) is 32.1 Å². The second-order valence-electron chi connectivity index (χ2n) is 4.62. The van der Waals surface area contributed by atoms with E-state index in [0.29, 0.717) is 18.9 Å². The molecule has 0 atom stereocenters. The van der Waals surface area contributed by atoms with E-state index in [9.17, 15) is 9.18 Å². The predicted octanol–water partition coefficient (Wildman–Crippen LogP) is 1.32. The minimum Gasteiger partial charge on any atom is -0.492 e.